The standard InChI is InChI=1S/C3H6O3.H3N.2O.V/c1-2(4)3(5)6;;;;/h2,4H,1H3,(H,5,6);1H3;;;. The van der Waals surface area contributed by atoms with Crippen molar-refractivity contribution in [2.45, 2.75) is 13.0 Å². The summed E-state index contributed by atoms with van der Waals surface area (Å²) in [6, 6.07) is 0. The van der Waals surface area contributed by atoms with E-state index in [2.05, 4.69) is 0 Å². The summed E-state index contributed by atoms with van der Waals surface area (Å²) in [5.74, 6) is -1.19. The predicted molar refractivity (Wildman–Crippen MR) is 25.7 cm³/mol. The minimum absolute atomic E-state index is 0. The second-order valence-corrected chi connectivity index (χ2v) is 1.32. The van der Waals surface area contributed by atoms with Crippen molar-refractivity contribution >= 4 is 5.97 Å². The first-order valence-electron chi connectivity index (χ1n) is 1.92. The number of aliphatic hydroxyl groups is 1. The normalized spacial score (nSPS) is 9.00. The van der Waals surface area contributed by atoms with Crippen LogP contribution in [0.1, 0.15) is 6.92 Å². The molecule has 0 aliphatic rings. The first-order chi connectivity index (χ1) is 4.06. The van der Waals surface area contributed by atoms with E-state index in [0.717, 1.165) is 0 Å². The summed E-state index contributed by atoms with van der Waals surface area (Å²) < 4.78 is 16.9. The molecule has 0 aromatic rings. The Hall–Kier alpha value is -0.426. The van der Waals surface area contributed by atoms with Crippen LogP contribution in [0.5, 0.6) is 0 Å². The van der Waals surface area contributed by atoms with Crippen molar-refractivity contribution in [2.24, 2.45) is 0 Å². The summed E-state index contributed by atoms with van der Waals surface area (Å²) in [6.07, 6.45) is -1.23. The van der Waals surface area contributed by atoms with Gasteiger partial charge in [-0.1, -0.05) is 0 Å². The maximum atomic E-state index is 9.45. The third-order valence-electron chi connectivity index (χ3n) is 0.357. The van der Waals surface area contributed by atoms with Crippen LogP contribution in [-0.2, 0) is 28.3 Å². The van der Waals surface area contributed by atoms with Gasteiger partial charge in [-0.15, -0.1) is 0 Å². The van der Waals surface area contributed by atoms with Gasteiger partial charge in [-0.3, -0.25) is 0 Å². The van der Waals surface area contributed by atoms with Crippen LogP contribution < -0.4 is 6.15 Å². The van der Waals surface area contributed by atoms with Gasteiger partial charge in [0.2, 0.25) is 0 Å². The van der Waals surface area contributed by atoms with Gasteiger partial charge in [-0.2, -0.15) is 0 Å². The zero-order valence-corrected chi connectivity index (χ0v) is 6.75. The number of aliphatic carboxylic acids is 1. The molecule has 0 heterocycles. The van der Waals surface area contributed by atoms with Gasteiger partial charge in [0.1, 0.15) is 6.10 Å². The Morgan fingerprint density at radius 2 is 1.60 bits per heavy atom. The Morgan fingerprint density at radius 3 is 1.60 bits per heavy atom. The number of hydrogen-bond acceptors (Lipinski definition) is 5. The van der Waals surface area contributed by atoms with E-state index < -0.39 is 28.3 Å². The van der Waals surface area contributed by atoms with Crippen LogP contribution in [0.3, 0.4) is 0 Å². The van der Waals surface area contributed by atoms with E-state index in [-0.39, 0.29) is 6.15 Å². The fourth-order valence-corrected chi connectivity index (χ4v) is 0. The fraction of sp³-hybridized carbons (Fsp3) is 0.667. The molecular formula is C3H9NO5V. The van der Waals surface area contributed by atoms with Crippen molar-refractivity contribution in [3.8, 4) is 0 Å². The van der Waals surface area contributed by atoms with Gasteiger partial charge in [0.15, 0.2) is 0 Å². The second-order valence-electron chi connectivity index (χ2n) is 1.09. The van der Waals surface area contributed by atoms with Gasteiger partial charge in [0.05, 0.1) is 0 Å². The van der Waals surface area contributed by atoms with Gasteiger partial charge in [0, 0.05) is 0 Å². The predicted octanol–water partition coefficient (Wildman–Crippen LogP) is -0.626. The van der Waals surface area contributed by atoms with Crippen LogP contribution in [0.2, 0.25) is 0 Å². The Labute approximate surface area is 64.3 Å². The minimum atomic E-state index is -1.81. The van der Waals surface area contributed by atoms with E-state index in [0.29, 0.717) is 0 Å². The summed E-state index contributed by atoms with van der Waals surface area (Å²) in [4.78, 5) is 9.45. The van der Waals surface area contributed by atoms with Crippen molar-refractivity contribution in [1.82, 2.24) is 6.15 Å². The number of carboxylic acids is 1. The number of carboxylic acid groups (broad SMARTS) is 1. The molecule has 0 bridgehead atoms. The molecule has 0 aromatic carbocycles. The average molecular weight is 190 g/mol. The van der Waals surface area contributed by atoms with Crippen molar-refractivity contribution in [3.05, 3.63) is 0 Å². The van der Waals surface area contributed by atoms with Gasteiger partial charge in [0.25, 0.3) is 0 Å². The summed E-state index contributed by atoms with van der Waals surface area (Å²) in [7, 11) is 0. The van der Waals surface area contributed by atoms with E-state index >= 15 is 0 Å². The Kier molecular flexibility index (Phi) is 18.5. The van der Waals surface area contributed by atoms with E-state index in [1.807, 2.05) is 0 Å². The van der Waals surface area contributed by atoms with Crippen LogP contribution >= 0.6 is 0 Å². The van der Waals surface area contributed by atoms with E-state index in [4.69, 9.17) is 17.6 Å². The molecule has 0 rings (SSSR count). The van der Waals surface area contributed by atoms with Crippen LogP contribution in [0.15, 0.2) is 0 Å². The number of aliphatic hydroxyl groups excluding tert-OH is 1. The van der Waals surface area contributed by atoms with E-state index in [1.54, 1.807) is 0 Å². The molecule has 6 nitrogen and oxygen atoms in total. The monoisotopic (exact) mass is 190 g/mol. The number of hydrogen-bond donors (Lipinski definition) is 3. The summed E-state index contributed by atoms with van der Waals surface area (Å²) in [5, 5.41) is 15.8. The third-order valence-corrected chi connectivity index (χ3v) is 0.357. The molecule has 7 heteroatoms. The third kappa shape index (κ3) is 25.6. The molecule has 0 fully saturated rings. The van der Waals surface area contributed by atoms with Crippen LogP contribution in [0.4, 0.5) is 0 Å². The molecule has 0 saturated heterocycles. The fourth-order valence-electron chi connectivity index (χ4n) is 0. The molecule has 0 aliphatic heterocycles. The summed E-state index contributed by atoms with van der Waals surface area (Å²) >= 11 is -1.81. The van der Waals surface area contributed by atoms with Crippen LogP contribution in [-0.4, -0.2) is 22.3 Å². The van der Waals surface area contributed by atoms with Crippen molar-refractivity contribution in [2.75, 3.05) is 0 Å². The van der Waals surface area contributed by atoms with E-state index in [1.165, 1.54) is 6.92 Å². The zero-order chi connectivity index (χ0) is 7.86. The molecule has 0 aromatic heterocycles. The number of rotatable bonds is 1. The Morgan fingerprint density at radius 1 is 1.50 bits per heavy atom. The Bertz CT molecular complexity index is 118. The number of carbonyl (C=O) groups is 1. The second kappa shape index (κ2) is 11.4. The van der Waals surface area contributed by atoms with Gasteiger partial charge in [-0.25, -0.2) is 4.79 Å². The molecule has 0 spiro atoms. The average Bonchev–Trinajstić information content (AvgIpc) is 1.68. The van der Waals surface area contributed by atoms with Crippen molar-refractivity contribution < 1.29 is 38.5 Å². The molecule has 0 radical (unpaired) electrons. The zero-order valence-electron chi connectivity index (χ0n) is 5.35. The molecule has 0 saturated carbocycles. The van der Waals surface area contributed by atoms with Crippen LogP contribution in [0.25, 0.3) is 0 Å². The van der Waals surface area contributed by atoms with Gasteiger partial charge in [-0.05, 0) is 6.92 Å². The Balaban J connectivity index is -0.000000107. The van der Waals surface area contributed by atoms with Crippen LogP contribution in [0, 0.1) is 0 Å². The molecule has 5 N–H and O–H groups in total. The molecule has 1 unspecified atom stereocenters. The SMILES string of the molecule is CC(O)C(=O)O.N.[O]=[V]=[O]. The van der Waals surface area contributed by atoms with Gasteiger partial charge < -0.3 is 16.4 Å². The molecule has 10 heavy (non-hydrogen) atoms. The first kappa shape index (κ1) is 16.3. The molecule has 1 atom stereocenters. The summed E-state index contributed by atoms with van der Waals surface area (Å²) in [5.41, 5.74) is 0. The molecular weight excluding hydrogens is 181 g/mol. The molecule has 61 valence electrons. The van der Waals surface area contributed by atoms with E-state index in [9.17, 15) is 4.79 Å². The maximum absolute atomic E-state index is 9.45. The van der Waals surface area contributed by atoms with Crippen molar-refractivity contribution in [3.63, 3.8) is 0 Å². The first-order valence-corrected chi connectivity index (χ1v) is 3.06. The molecule has 0 amide bonds. The quantitative estimate of drug-likeness (QED) is 0.505. The van der Waals surface area contributed by atoms with Crippen molar-refractivity contribution in [1.29, 1.82) is 0 Å². The summed E-state index contributed by atoms with van der Waals surface area (Å²) in [6.45, 7) is 1.20. The topological polar surface area (TPSA) is 127 Å². The van der Waals surface area contributed by atoms with Gasteiger partial charge >= 0.3 is 29.5 Å². The molecule has 0 aliphatic carbocycles.